The summed E-state index contributed by atoms with van der Waals surface area (Å²) in [5.41, 5.74) is 2.81. The Bertz CT molecular complexity index is 559. The van der Waals surface area contributed by atoms with Gasteiger partial charge in [0.2, 0.25) is 0 Å². The molecule has 0 aliphatic rings. The van der Waals surface area contributed by atoms with E-state index >= 15 is 0 Å². The van der Waals surface area contributed by atoms with Gasteiger partial charge in [0.25, 0.3) is 0 Å². The number of ether oxygens (including phenoxy) is 1. The van der Waals surface area contributed by atoms with Gasteiger partial charge in [-0.15, -0.1) is 0 Å². The highest BCUT2D eigenvalue weighted by molar-refractivity contribution is 9.10. The first-order valence-corrected chi connectivity index (χ1v) is 7.53. The van der Waals surface area contributed by atoms with E-state index in [2.05, 4.69) is 22.9 Å². The lowest BCUT2D eigenvalue weighted by Gasteiger charge is -2.06. The van der Waals surface area contributed by atoms with Crippen LogP contribution in [-0.2, 0) is 4.74 Å². The van der Waals surface area contributed by atoms with Crippen molar-refractivity contribution in [2.24, 2.45) is 0 Å². The maximum atomic E-state index is 11.8. The van der Waals surface area contributed by atoms with Crippen LogP contribution in [-0.4, -0.2) is 12.6 Å². The van der Waals surface area contributed by atoms with Crippen molar-refractivity contribution in [2.75, 3.05) is 6.61 Å². The van der Waals surface area contributed by atoms with Crippen LogP contribution in [0.4, 0.5) is 0 Å². The van der Waals surface area contributed by atoms with E-state index in [9.17, 15) is 4.79 Å². The lowest BCUT2D eigenvalue weighted by Crippen LogP contribution is -2.05. The Morgan fingerprint density at radius 2 is 1.55 bits per heavy atom. The molecule has 0 N–H and O–H groups in total. The Labute approximate surface area is 127 Å². The lowest BCUT2D eigenvalue weighted by molar-refractivity contribution is 0.0500. The summed E-state index contributed by atoms with van der Waals surface area (Å²) in [6.07, 6.45) is 1.93. The Morgan fingerprint density at radius 1 is 1.00 bits per heavy atom. The molecular formula is C17H17BrO2. The highest BCUT2D eigenvalue weighted by Gasteiger charge is 2.07. The third-order valence-electron chi connectivity index (χ3n) is 3.03. The molecule has 2 nitrogen and oxygen atoms in total. The van der Waals surface area contributed by atoms with Crippen LogP contribution in [0.1, 0.15) is 30.1 Å². The number of carbonyl (C=O) groups is 1. The number of rotatable bonds is 5. The molecule has 0 bridgehead atoms. The van der Waals surface area contributed by atoms with Crippen LogP contribution in [0, 0.1) is 0 Å². The molecular weight excluding hydrogens is 316 g/mol. The highest BCUT2D eigenvalue weighted by atomic mass is 79.9. The fourth-order valence-electron chi connectivity index (χ4n) is 1.83. The summed E-state index contributed by atoms with van der Waals surface area (Å²) in [6, 6.07) is 15.6. The standard InChI is InChI=1S/C17H17BrO2/c1-2-3-12-20-17(19)15-6-4-13(5-7-15)14-8-10-16(18)11-9-14/h4-11H,2-3,12H2,1H3. The van der Waals surface area contributed by atoms with Gasteiger partial charge in [-0.05, 0) is 41.8 Å². The first-order chi connectivity index (χ1) is 9.70. The summed E-state index contributed by atoms with van der Waals surface area (Å²) in [5.74, 6) is -0.249. The van der Waals surface area contributed by atoms with E-state index in [1.165, 1.54) is 0 Å². The number of halogens is 1. The minimum Gasteiger partial charge on any atom is -0.462 e. The zero-order valence-corrected chi connectivity index (χ0v) is 13.0. The third-order valence-corrected chi connectivity index (χ3v) is 3.56. The van der Waals surface area contributed by atoms with E-state index in [1.807, 2.05) is 48.5 Å². The van der Waals surface area contributed by atoms with Crippen LogP contribution < -0.4 is 0 Å². The zero-order chi connectivity index (χ0) is 14.4. The number of hydrogen-bond donors (Lipinski definition) is 0. The fourth-order valence-corrected chi connectivity index (χ4v) is 2.10. The third kappa shape index (κ3) is 3.94. The van der Waals surface area contributed by atoms with Crippen molar-refractivity contribution >= 4 is 21.9 Å². The van der Waals surface area contributed by atoms with Crippen molar-refractivity contribution in [2.45, 2.75) is 19.8 Å². The van der Waals surface area contributed by atoms with Gasteiger partial charge < -0.3 is 4.74 Å². The number of benzene rings is 2. The fraction of sp³-hybridized carbons (Fsp3) is 0.235. The molecule has 2 aromatic rings. The average Bonchev–Trinajstić information content (AvgIpc) is 2.48. The monoisotopic (exact) mass is 332 g/mol. The second kappa shape index (κ2) is 7.25. The minimum absolute atomic E-state index is 0.249. The molecule has 0 radical (unpaired) electrons. The van der Waals surface area contributed by atoms with E-state index in [1.54, 1.807) is 0 Å². The summed E-state index contributed by atoms with van der Waals surface area (Å²) in [4.78, 5) is 11.8. The van der Waals surface area contributed by atoms with E-state index in [0.29, 0.717) is 12.2 Å². The summed E-state index contributed by atoms with van der Waals surface area (Å²) in [7, 11) is 0. The Balaban J connectivity index is 2.06. The van der Waals surface area contributed by atoms with Crippen LogP contribution in [0.25, 0.3) is 11.1 Å². The number of esters is 1. The lowest BCUT2D eigenvalue weighted by atomic mass is 10.0. The summed E-state index contributed by atoms with van der Waals surface area (Å²) in [5, 5.41) is 0. The molecule has 0 fully saturated rings. The van der Waals surface area contributed by atoms with Crippen LogP contribution in [0.5, 0.6) is 0 Å². The Kier molecular flexibility index (Phi) is 5.36. The molecule has 0 unspecified atom stereocenters. The largest absolute Gasteiger partial charge is 0.462 e. The van der Waals surface area contributed by atoms with Crippen molar-refractivity contribution < 1.29 is 9.53 Å². The second-order valence-corrected chi connectivity index (χ2v) is 5.49. The predicted molar refractivity (Wildman–Crippen MR) is 84.8 cm³/mol. The molecule has 2 aromatic carbocycles. The van der Waals surface area contributed by atoms with Crippen molar-refractivity contribution in [1.82, 2.24) is 0 Å². The maximum Gasteiger partial charge on any atom is 0.338 e. The van der Waals surface area contributed by atoms with Crippen LogP contribution in [0.3, 0.4) is 0 Å². The van der Waals surface area contributed by atoms with E-state index in [0.717, 1.165) is 28.4 Å². The first kappa shape index (κ1) is 14.8. The number of hydrogen-bond acceptors (Lipinski definition) is 2. The molecule has 0 spiro atoms. The zero-order valence-electron chi connectivity index (χ0n) is 11.4. The summed E-state index contributed by atoms with van der Waals surface area (Å²) < 4.78 is 6.24. The molecule has 104 valence electrons. The van der Waals surface area contributed by atoms with Crippen molar-refractivity contribution in [1.29, 1.82) is 0 Å². The predicted octanol–water partition coefficient (Wildman–Crippen LogP) is 5.07. The summed E-state index contributed by atoms with van der Waals surface area (Å²) >= 11 is 3.42. The van der Waals surface area contributed by atoms with Crippen LogP contribution in [0.15, 0.2) is 53.0 Å². The average molecular weight is 333 g/mol. The van der Waals surface area contributed by atoms with Crippen molar-refractivity contribution in [3.05, 3.63) is 58.6 Å². The van der Waals surface area contributed by atoms with Crippen molar-refractivity contribution in [3.8, 4) is 11.1 Å². The maximum absolute atomic E-state index is 11.8. The molecule has 0 aliphatic carbocycles. The van der Waals surface area contributed by atoms with Gasteiger partial charge in [0, 0.05) is 4.47 Å². The highest BCUT2D eigenvalue weighted by Crippen LogP contribution is 2.22. The molecule has 0 saturated carbocycles. The second-order valence-electron chi connectivity index (χ2n) is 4.57. The molecule has 2 rings (SSSR count). The van der Waals surface area contributed by atoms with Gasteiger partial charge >= 0.3 is 5.97 Å². The molecule has 0 aromatic heterocycles. The van der Waals surface area contributed by atoms with Gasteiger partial charge in [-0.2, -0.15) is 0 Å². The molecule has 20 heavy (non-hydrogen) atoms. The normalized spacial score (nSPS) is 10.3. The van der Waals surface area contributed by atoms with Gasteiger partial charge in [0.15, 0.2) is 0 Å². The van der Waals surface area contributed by atoms with E-state index in [-0.39, 0.29) is 5.97 Å². The SMILES string of the molecule is CCCCOC(=O)c1ccc(-c2ccc(Br)cc2)cc1. The molecule has 3 heteroatoms. The molecule has 0 atom stereocenters. The van der Waals surface area contributed by atoms with Crippen LogP contribution in [0.2, 0.25) is 0 Å². The topological polar surface area (TPSA) is 26.3 Å². The van der Waals surface area contributed by atoms with Crippen LogP contribution >= 0.6 is 15.9 Å². The van der Waals surface area contributed by atoms with Gasteiger partial charge in [-0.1, -0.05) is 53.5 Å². The Morgan fingerprint density at radius 3 is 2.10 bits per heavy atom. The number of unbranched alkanes of at least 4 members (excludes halogenated alkanes) is 1. The molecule has 0 aliphatic heterocycles. The quantitative estimate of drug-likeness (QED) is 0.564. The van der Waals surface area contributed by atoms with Crippen molar-refractivity contribution in [3.63, 3.8) is 0 Å². The molecule has 0 heterocycles. The van der Waals surface area contributed by atoms with Gasteiger partial charge in [0.1, 0.15) is 0 Å². The Hall–Kier alpha value is -1.61. The number of carbonyl (C=O) groups excluding carboxylic acids is 1. The van der Waals surface area contributed by atoms with E-state index < -0.39 is 0 Å². The minimum atomic E-state index is -0.249. The smallest absolute Gasteiger partial charge is 0.338 e. The van der Waals surface area contributed by atoms with Gasteiger partial charge in [0.05, 0.1) is 12.2 Å². The van der Waals surface area contributed by atoms with Gasteiger partial charge in [-0.3, -0.25) is 0 Å². The molecule has 0 amide bonds. The van der Waals surface area contributed by atoms with E-state index in [4.69, 9.17) is 4.74 Å². The van der Waals surface area contributed by atoms with Gasteiger partial charge in [-0.25, -0.2) is 4.79 Å². The first-order valence-electron chi connectivity index (χ1n) is 6.74. The molecule has 0 saturated heterocycles. The summed E-state index contributed by atoms with van der Waals surface area (Å²) in [6.45, 7) is 2.56.